The second-order valence-corrected chi connectivity index (χ2v) is 5.19. The predicted octanol–water partition coefficient (Wildman–Crippen LogP) is 2.17. The number of aliphatic hydroxyl groups is 1. The zero-order valence-corrected chi connectivity index (χ0v) is 10.7. The Morgan fingerprint density at radius 2 is 2.32 bits per heavy atom. The Hall–Kier alpha value is -1.68. The van der Waals surface area contributed by atoms with Crippen LogP contribution in [0.25, 0.3) is 0 Å². The van der Waals surface area contributed by atoms with Crippen molar-refractivity contribution in [2.24, 2.45) is 5.92 Å². The van der Waals surface area contributed by atoms with Crippen LogP contribution in [0.4, 0.5) is 4.39 Å². The third kappa shape index (κ3) is 2.68. The molecule has 0 radical (unpaired) electrons. The Morgan fingerprint density at radius 3 is 3.11 bits per heavy atom. The lowest BCUT2D eigenvalue weighted by molar-refractivity contribution is 0.190. The van der Waals surface area contributed by atoms with Crippen LogP contribution in [-0.4, -0.2) is 21.3 Å². The molecule has 0 saturated carbocycles. The first-order valence-corrected chi connectivity index (χ1v) is 6.65. The lowest BCUT2D eigenvalue weighted by atomic mass is 10.0. The lowest BCUT2D eigenvalue weighted by Crippen LogP contribution is -2.22. The standard InChI is InChI=1S/C15H17FN2O/c16-13-3-1-2-11(6-13)7-14-9-18-8-12(10-19)4-5-15(18)17-14/h1-3,6,9,12,19H,4-5,7-8,10H2. The van der Waals surface area contributed by atoms with Gasteiger partial charge in [0.1, 0.15) is 11.6 Å². The number of benzene rings is 1. The molecule has 100 valence electrons. The van der Waals surface area contributed by atoms with E-state index in [0.717, 1.165) is 36.5 Å². The summed E-state index contributed by atoms with van der Waals surface area (Å²) >= 11 is 0. The van der Waals surface area contributed by atoms with Crippen molar-refractivity contribution >= 4 is 0 Å². The van der Waals surface area contributed by atoms with Gasteiger partial charge in [-0.05, 0) is 24.1 Å². The average Bonchev–Trinajstić information content (AvgIpc) is 2.79. The first-order valence-electron chi connectivity index (χ1n) is 6.65. The minimum atomic E-state index is -0.207. The molecule has 19 heavy (non-hydrogen) atoms. The molecule has 0 fully saturated rings. The normalized spacial score (nSPS) is 18.3. The molecule has 1 atom stereocenters. The quantitative estimate of drug-likeness (QED) is 0.918. The minimum absolute atomic E-state index is 0.207. The smallest absolute Gasteiger partial charge is 0.123 e. The third-order valence-corrected chi connectivity index (χ3v) is 3.67. The molecule has 1 unspecified atom stereocenters. The molecule has 0 aliphatic carbocycles. The van der Waals surface area contributed by atoms with Crippen molar-refractivity contribution < 1.29 is 9.50 Å². The van der Waals surface area contributed by atoms with E-state index in [1.54, 1.807) is 12.1 Å². The average molecular weight is 260 g/mol. The van der Waals surface area contributed by atoms with E-state index < -0.39 is 0 Å². The molecule has 1 aromatic heterocycles. The number of hydrogen-bond acceptors (Lipinski definition) is 2. The SMILES string of the molecule is OCC1CCc2nc(Cc3cccc(F)c3)cn2C1. The van der Waals surface area contributed by atoms with Gasteiger partial charge in [-0.25, -0.2) is 9.37 Å². The fourth-order valence-electron chi connectivity index (χ4n) is 2.66. The van der Waals surface area contributed by atoms with E-state index in [9.17, 15) is 9.50 Å². The molecule has 3 nitrogen and oxygen atoms in total. The summed E-state index contributed by atoms with van der Waals surface area (Å²) in [5.41, 5.74) is 1.91. The highest BCUT2D eigenvalue weighted by atomic mass is 19.1. The Labute approximate surface area is 111 Å². The molecule has 0 amide bonds. The van der Waals surface area contributed by atoms with E-state index in [1.807, 2.05) is 12.3 Å². The zero-order chi connectivity index (χ0) is 13.2. The molecular formula is C15H17FN2O. The Morgan fingerprint density at radius 1 is 1.42 bits per heavy atom. The Balaban J connectivity index is 1.78. The molecule has 0 saturated heterocycles. The first kappa shape index (κ1) is 12.4. The monoisotopic (exact) mass is 260 g/mol. The van der Waals surface area contributed by atoms with Crippen LogP contribution < -0.4 is 0 Å². The number of nitrogens with zero attached hydrogens (tertiary/aromatic N) is 2. The number of rotatable bonds is 3. The summed E-state index contributed by atoms with van der Waals surface area (Å²) in [5, 5.41) is 9.21. The maximum atomic E-state index is 13.1. The van der Waals surface area contributed by atoms with Gasteiger partial charge in [-0.1, -0.05) is 12.1 Å². The van der Waals surface area contributed by atoms with Crippen LogP contribution >= 0.6 is 0 Å². The van der Waals surface area contributed by atoms with Crippen LogP contribution in [0.2, 0.25) is 0 Å². The number of fused-ring (bicyclic) bond motifs is 1. The number of halogens is 1. The van der Waals surface area contributed by atoms with Gasteiger partial charge in [0.05, 0.1) is 5.69 Å². The minimum Gasteiger partial charge on any atom is -0.396 e. The molecule has 1 N–H and O–H groups in total. The number of hydrogen-bond donors (Lipinski definition) is 1. The van der Waals surface area contributed by atoms with E-state index in [2.05, 4.69) is 9.55 Å². The summed E-state index contributed by atoms with van der Waals surface area (Å²) in [6.07, 6.45) is 4.59. The van der Waals surface area contributed by atoms with E-state index in [-0.39, 0.29) is 12.4 Å². The van der Waals surface area contributed by atoms with Crippen molar-refractivity contribution in [1.82, 2.24) is 9.55 Å². The Bertz CT molecular complexity index is 579. The van der Waals surface area contributed by atoms with Crippen molar-refractivity contribution in [3.8, 4) is 0 Å². The number of aliphatic hydroxyl groups excluding tert-OH is 1. The van der Waals surface area contributed by atoms with Crippen molar-refractivity contribution in [2.45, 2.75) is 25.8 Å². The zero-order valence-electron chi connectivity index (χ0n) is 10.7. The highest BCUT2D eigenvalue weighted by Gasteiger charge is 2.19. The van der Waals surface area contributed by atoms with Gasteiger partial charge in [-0.2, -0.15) is 0 Å². The highest BCUT2D eigenvalue weighted by molar-refractivity contribution is 5.22. The summed E-state index contributed by atoms with van der Waals surface area (Å²) in [5.74, 6) is 1.21. The van der Waals surface area contributed by atoms with Gasteiger partial charge in [0.25, 0.3) is 0 Å². The van der Waals surface area contributed by atoms with E-state index in [0.29, 0.717) is 12.3 Å². The van der Waals surface area contributed by atoms with Crippen molar-refractivity contribution in [1.29, 1.82) is 0 Å². The van der Waals surface area contributed by atoms with E-state index >= 15 is 0 Å². The van der Waals surface area contributed by atoms with Gasteiger partial charge in [0.15, 0.2) is 0 Å². The van der Waals surface area contributed by atoms with Crippen LogP contribution in [0, 0.1) is 11.7 Å². The van der Waals surface area contributed by atoms with Crippen molar-refractivity contribution in [3.63, 3.8) is 0 Å². The van der Waals surface area contributed by atoms with E-state index in [4.69, 9.17) is 0 Å². The molecule has 1 aliphatic heterocycles. The molecular weight excluding hydrogens is 243 g/mol. The molecule has 1 aromatic carbocycles. The largest absolute Gasteiger partial charge is 0.396 e. The van der Waals surface area contributed by atoms with E-state index in [1.165, 1.54) is 6.07 Å². The molecule has 0 bridgehead atoms. The maximum absolute atomic E-state index is 13.1. The van der Waals surface area contributed by atoms with Gasteiger partial charge in [-0.3, -0.25) is 0 Å². The topological polar surface area (TPSA) is 38.1 Å². The van der Waals surface area contributed by atoms with Gasteiger partial charge in [0.2, 0.25) is 0 Å². The van der Waals surface area contributed by atoms with Crippen LogP contribution in [0.1, 0.15) is 23.5 Å². The van der Waals surface area contributed by atoms with Crippen LogP contribution in [0.5, 0.6) is 0 Å². The second-order valence-electron chi connectivity index (χ2n) is 5.19. The van der Waals surface area contributed by atoms with Gasteiger partial charge in [-0.15, -0.1) is 0 Å². The third-order valence-electron chi connectivity index (χ3n) is 3.67. The van der Waals surface area contributed by atoms with Crippen molar-refractivity contribution in [3.05, 3.63) is 53.4 Å². The molecule has 4 heteroatoms. The summed E-state index contributed by atoms with van der Waals surface area (Å²) in [7, 11) is 0. The summed E-state index contributed by atoms with van der Waals surface area (Å²) in [4.78, 5) is 4.60. The summed E-state index contributed by atoms with van der Waals surface area (Å²) in [6.45, 7) is 1.07. The number of aryl methyl sites for hydroxylation is 1. The summed E-state index contributed by atoms with van der Waals surface area (Å²) < 4.78 is 15.3. The maximum Gasteiger partial charge on any atom is 0.123 e. The first-order chi connectivity index (χ1) is 9.24. The summed E-state index contributed by atoms with van der Waals surface area (Å²) in [6, 6.07) is 6.64. The van der Waals surface area contributed by atoms with Gasteiger partial charge >= 0.3 is 0 Å². The van der Waals surface area contributed by atoms with Gasteiger partial charge < -0.3 is 9.67 Å². The number of imidazole rings is 1. The molecule has 1 aliphatic rings. The fraction of sp³-hybridized carbons (Fsp3) is 0.400. The van der Waals surface area contributed by atoms with Crippen LogP contribution in [-0.2, 0) is 19.4 Å². The lowest BCUT2D eigenvalue weighted by Gasteiger charge is -2.21. The molecule has 2 heterocycles. The molecule has 0 spiro atoms. The highest BCUT2D eigenvalue weighted by Crippen LogP contribution is 2.20. The molecule has 3 rings (SSSR count). The predicted molar refractivity (Wildman–Crippen MR) is 70.3 cm³/mol. The van der Waals surface area contributed by atoms with Crippen molar-refractivity contribution in [2.75, 3.05) is 6.61 Å². The van der Waals surface area contributed by atoms with Crippen LogP contribution in [0.15, 0.2) is 30.5 Å². The molecule has 2 aromatic rings. The van der Waals surface area contributed by atoms with Gasteiger partial charge in [0, 0.05) is 38.1 Å². The fourth-order valence-corrected chi connectivity index (χ4v) is 2.66. The van der Waals surface area contributed by atoms with Crippen LogP contribution in [0.3, 0.4) is 0 Å². The Kier molecular flexibility index (Phi) is 3.34. The number of aromatic nitrogens is 2. The second kappa shape index (κ2) is 5.13.